The van der Waals surface area contributed by atoms with Gasteiger partial charge in [0.1, 0.15) is 11.3 Å². The molecule has 2 aromatic heterocycles. The highest BCUT2D eigenvalue weighted by Crippen LogP contribution is 2.24. The van der Waals surface area contributed by atoms with Crippen LogP contribution < -0.4 is 0 Å². The summed E-state index contributed by atoms with van der Waals surface area (Å²) in [6, 6.07) is 7.39. The minimum atomic E-state index is -0.148. The molecule has 3 heterocycles. The number of amides is 2. The molecule has 146 valence electrons. The summed E-state index contributed by atoms with van der Waals surface area (Å²) in [6.07, 6.45) is 0.271. The quantitative estimate of drug-likeness (QED) is 0.617. The van der Waals surface area contributed by atoms with E-state index < -0.39 is 0 Å². The van der Waals surface area contributed by atoms with Crippen LogP contribution in [-0.2, 0) is 11.2 Å². The Kier molecular flexibility index (Phi) is 4.97. The number of aryl methyl sites for hydroxylation is 2. The number of carbonyl (C=O) groups is 2. The molecule has 0 saturated carbocycles. The van der Waals surface area contributed by atoms with E-state index >= 15 is 0 Å². The first-order valence-corrected chi connectivity index (χ1v) is 9.89. The Labute approximate surface area is 170 Å². The Bertz CT molecular complexity index is 1030. The second-order valence-electron chi connectivity index (χ2n) is 6.95. The number of hydrogen-bond acceptors (Lipinski definition) is 5. The SMILES string of the molecule is Cc1noc(C)c1CC(=O)N1CCN(C(=O)c2cc3cc(Br)ccc3o2)CC1. The maximum absolute atomic E-state index is 12.8. The first kappa shape index (κ1) is 18.7. The Hall–Kier alpha value is -2.61. The lowest BCUT2D eigenvalue weighted by atomic mass is 10.1. The molecule has 1 aromatic carbocycles. The van der Waals surface area contributed by atoms with Gasteiger partial charge in [-0.3, -0.25) is 9.59 Å². The van der Waals surface area contributed by atoms with Gasteiger partial charge in [-0.2, -0.15) is 0 Å². The summed E-state index contributed by atoms with van der Waals surface area (Å²) in [7, 11) is 0. The Morgan fingerprint density at radius 1 is 1.11 bits per heavy atom. The molecule has 0 N–H and O–H groups in total. The molecule has 4 rings (SSSR count). The maximum Gasteiger partial charge on any atom is 0.289 e. The van der Waals surface area contributed by atoms with Gasteiger partial charge in [0, 0.05) is 41.6 Å². The first-order valence-electron chi connectivity index (χ1n) is 9.10. The molecule has 2 amide bonds. The number of aromatic nitrogens is 1. The van der Waals surface area contributed by atoms with E-state index in [1.807, 2.05) is 32.0 Å². The van der Waals surface area contributed by atoms with Crippen LogP contribution >= 0.6 is 15.9 Å². The van der Waals surface area contributed by atoms with Gasteiger partial charge in [-0.15, -0.1) is 0 Å². The van der Waals surface area contributed by atoms with Crippen LogP contribution in [0.5, 0.6) is 0 Å². The fourth-order valence-electron chi connectivity index (χ4n) is 3.45. The van der Waals surface area contributed by atoms with Crippen molar-refractivity contribution in [3.8, 4) is 0 Å². The van der Waals surface area contributed by atoms with E-state index in [4.69, 9.17) is 8.94 Å². The van der Waals surface area contributed by atoms with Crippen LogP contribution in [0.2, 0.25) is 0 Å². The van der Waals surface area contributed by atoms with E-state index in [1.165, 1.54) is 0 Å². The molecule has 0 radical (unpaired) electrons. The van der Waals surface area contributed by atoms with E-state index in [2.05, 4.69) is 21.1 Å². The molecule has 1 aliphatic heterocycles. The molecule has 0 spiro atoms. The van der Waals surface area contributed by atoms with Crippen LogP contribution in [0, 0.1) is 13.8 Å². The number of carbonyl (C=O) groups excluding carboxylic acids is 2. The summed E-state index contributed by atoms with van der Waals surface area (Å²) in [5.74, 6) is 0.875. The zero-order valence-corrected chi connectivity index (χ0v) is 17.3. The molecule has 0 atom stereocenters. The average molecular weight is 446 g/mol. The van der Waals surface area contributed by atoms with Gasteiger partial charge < -0.3 is 18.7 Å². The van der Waals surface area contributed by atoms with Gasteiger partial charge in [0.15, 0.2) is 5.76 Å². The number of rotatable bonds is 3. The zero-order valence-electron chi connectivity index (χ0n) is 15.7. The highest BCUT2D eigenvalue weighted by atomic mass is 79.9. The smallest absolute Gasteiger partial charge is 0.289 e. The number of halogens is 1. The van der Waals surface area contributed by atoms with Crippen LogP contribution in [-0.4, -0.2) is 52.9 Å². The third kappa shape index (κ3) is 3.56. The first-order chi connectivity index (χ1) is 13.4. The van der Waals surface area contributed by atoms with Crippen molar-refractivity contribution in [1.82, 2.24) is 15.0 Å². The van der Waals surface area contributed by atoms with Crippen LogP contribution in [0.25, 0.3) is 11.0 Å². The van der Waals surface area contributed by atoms with E-state index in [0.717, 1.165) is 21.1 Å². The van der Waals surface area contributed by atoms with Gasteiger partial charge in [-0.25, -0.2) is 0 Å². The standard InChI is InChI=1S/C20H20BrN3O4/c1-12-16(13(2)28-22-12)11-19(25)23-5-7-24(8-6-23)20(26)18-10-14-9-15(21)3-4-17(14)27-18/h3-4,9-10H,5-8,11H2,1-2H3. The van der Waals surface area contributed by atoms with Crippen LogP contribution in [0.3, 0.4) is 0 Å². The van der Waals surface area contributed by atoms with Crippen LogP contribution in [0.15, 0.2) is 37.7 Å². The van der Waals surface area contributed by atoms with Gasteiger partial charge in [0.05, 0.1) is 12.1 Å². The van der Waals surface area contributed by atoms with Gasteiger partial charge in [0.25, 0.3) is 5.91 Å². The summed E-state index contributed by atoms with van der Waals surface area (Å²) in [4.78, 5) is 28.9. The Balaban J connectivity index is 1.39. The minimum absolute atomic E-state index is 0.0232. The lowest BCUT2D eigenvalue weighted by molar-refractivity contribution is -0.131. The van der Waals surface area contributed by atoms with Crippen molar-refractivity contribution < 1.29 is 18.5 Å². The zero-order chi connectivity index (χ0) is 19.8. The molecule has 1 fully saturated rings. The molecule has 1 saturated heterocycles. The number of furan rings is 1. The Morgan fingerprint density at radius 2 is 1.82 bits per heavy atom. The second kappa shape index (κ2) is 7.43. The molecule has 3 aromatic rings. The van der Waals surface area contributed by atoms with E-state index in [0.29, 0.717) is 43.3 Å². The van der Waals surface area contributed by atoms with Gasteiger partial charge >= 0.3 is 0 Å². The lowest BCUT2D eigenvalue weighted by Gasteiger charge is -2.34. The number of hydrogen-bond donors (Lipinski definition) is 0. The van der Waals surface area contributed by atoms with Crippen molar-refractivity contribution in [2.45, 2.75) is 20.3 Å². The maximum atomic E-state index is 12.8. The normalized spacial score (nSPS) is 14.7. The Morgan fingerprint density at radius 3 is 2.50 bits per heavy atom. The highest BCUT2D eigenvalue weighted by molar-refractivity contribution is 9.10. The van der Waals surface area contributed by atoms with Crippen molar-refractivity contribution in [2.75, 3.05) is 26.2 Å². The van der Waals surface area contributed by atoms with E-state index in [9.17, 15) is 9.59 Å². The second-order valence-corrected chi connectivity index (χ2v) is 7.86. The van der Waals surface area contributed by atoms with Crippen molar-refractivity contribution in [3.05, 3.63) is 51.5 Å². The van der Waals surface area contributed by atoms with Crippen molar-refractivity contribution >= 4 is 38.7 Å². The fourth-order valence-corrected chi connectivity index (χ4v) is 3.83. The van der Waals surface area contributed by atoms with Crippen LogP contribution in [0.1, 0.15) is 27.6 Å². The minimum Gasteiger partial charge on any atom is -0.451 e. The number of benzene rings is 1. The summed E-state index contributed by atoms with van der Waals surface area (Å²) < 4.78 is 11.8. The van der Waals surface area contributed by atoms with Crippen LogP contribution in [0.4, 0.5) is 0 Å². The van der Waals surface area contributed by atoms with E-state index in [1.54, 1.807) is 15.9 Å². The molecule has 28 heavy (non-hydrogen) atoms. The monoisotopic (exact) mass is 445 g/mol. The largest absolute Gasteiger partial charge is 0.451 e. The summed E-state index contributed by atoms with van der Waals surface area (Å²) in [5, 5.41) is 4.78. The number of nitrogens with zero attached hydrogens (tertiary/aromatic N) is 3. The molecular weight excluding hydrogens is 426 g/mol. The summed E-state index contributed by atoms with van der Waals surface area (Å²) in [5.41, 5.74) is 2.27. The predicted molar refractivity (Wildman–Crippen MR) is 106 cm³/mol. The number of piperazine rings is 1. The van der Waals surface area contributed by atoms with Gasteiger partial charge in [-0.1, -0.05) is 21.1 Å². The molecule has 0 bridgehead atoms. The topological polar surface area (TPSA) is 79.8 Å². The fraction of sp³-hybridized carbons (Fsp3) is 0.350. The molecule has 7 nitrogen and oxygen atoms in total. The molecule has 8 heteroatoms. The van der Waals surface area contributed by atoms with Gasteiger partial charge in [0.2, 0.25) is 5.91 Å². The third-order valence-electron chi connectivity index (χ3n) is 5.12. The lowest BCUT2D eigenvalue weighted by Crippen LogP contribution is -2.51. The van der Waals surface area contributed by atoms with Crippen molar-refractivity contribution in [1.29, 1.82) is 0 Å². The highest BCUT2D eigenvalue weighted by Gasteiger charge is 2.27. The van der Waals surface area contributed by atoms with E-state index in [-0.39, 0.29) is 18.2 Å². The summed E-state index contributed by atoms with van der Waals surface area (Å²) in [6.45, 7) is 5.60. The predicted octanol–water partition coefficient (Wildman–Crippen LogP) is 3.33. The third-order valence-corrected chi connectivity index (χ3v) is 5.61. The summed E-state index contributed by atoms with van der Waals surface area (Å²) >= 11 is 3.42. The van der Waals surface area contributed by atoms with Gasteiger partial charge in [-0.05, 0) is 38.1 Å². The number of fused-ring (bicyclic) bond motifs is 1. The molecule has 0 aliphatic carbocycles. The molecule has 0 unspecified atom stereocenters. The molecular formula is C20H20BrN3O4. The average Bonchev–Trinajstić information content (AvgIpc) is 3.25. The van der Waals surface area contributed by atoms with Crippen molar-refractivity contribution in [2.24, 2.45) is 0 Å². The van der Waals surface area contributed by atoms with Crippen molar-refractivity contribution in [3.63, 3.8) is 0 Å². The molecule has 1 aliphatic rings.